The molecule has 0 aliphatic heterocycles. The molecule has 0 saturated carbocycles. The molecule has 0 aliphatic rings. The third-order valence-corrected chi connectivity index (χ3v) is 8.34. The molecule has 44 heavy (non-hydrogen) atoms. The molecule has 2 atom stereocenters. The maximum Gasteiger partial charge on any atom is 0.262 e. The number of hydrogen-bond donors (Lipinski definition) is 6. The number of imide groups is 1. The Hall–Kier alpha value is -2.87. The highest BCUT2D eigenvalue weighted by atomic mass is 35.5. The summed E-state index contributed by atoms with van der Waals surface area (Å²) in [6.07, 6.45) is -0.0758. The molecule has 3 aromatic rings. The van der Waals surface area contributed by atoms with Crippen molar-refractivity contribution in [2.24, 2.45) is 5.73 Å². The lowest BCUT2D eigenvalue weighted by atomic mass is 10.0. The fourth-order valence-electron chi connectivity index (χ4n) is 4.94. The number of fused-ring (bicyclic) bond motifs is 1. The van der Waals surface area contributed by atoms with Crippen LogP contribution in [0.3, 0.4) is 0 Å². The van der Waals surface area contributed by atoms with E-state index in [-0.39, 0.29) is 36.3 Å². The van der Waals surface area contributed by atoms with Crippen molar-refractivity contribution in [3.63, 3.8) is 0 Å². The van der Waals surface area contributed by atoms with Gasteiger partial charge in [0.25, 0.3) is 5.91 Å². The summed E-state index contributed by atoms with van der Waals surface area (Å²) in [6.45, 7) is 7.67. The summed E-state index contributed by atoms with van der Waals surface area (Å²) in [6, 6.07) is 11.1. The number of thiol groups is 2. The average Bonchev–Trinajstić information content (AvgIpc) is 3.26. The van der Waals surface area contributed by atoms with Crippen molar-refractivity contribution in [2.45, 2.75) is 39.3 Å². The Bertz CT molecular complexity index is 1480. The molecule has 5 N–H and O–H groups in total. The second kappa shape index (κ2) is 17.0. The quantitative estimate of drug-likeness (QED) is 0.103. The van der Waals surface area contributed by atoms with E-state index < -0.39 is 23.9 Å². The van der Waals surface area contributed by atoms with E-state index in [0.717, 1.165) is 10.9 Å². The van der Waals surface area contributed by atoms with Crippen molar-refractivity contribution in [1.82, 2.24) is 25.4 Å². The van der Waals surface area contributed by atoms with Crippen LogP contribution in [0.2, 0.25) is 5.02 Å². The lowest BCUT2D eigenvalue weighted by Crippen LogP contribution is -2.53. The number of aryl methyl sites for hydroxylation is 1. The molecule has 0 bridgehead atoms. The zero-order valence-electron chi connectivity index (χ0n) is 25.2. The minimum absolute atomic E-state index is 0.0758. The molecule has 13 heteroatoms. The molecule has 0 fully saturated rings. The summed E-state index contributed by atoms with van der Waals surface area (Å²) < 4.78 is 1.61. The summed E-state index contributed by atoms with van der Waals surface area (Å²) in [5, 5.41) is 10.6. The van der Waals surface area contributed by atoms with E-state index >= 15 is 0 Å². The number of rotatable bonds is 16. The van der Waals surface area contributed by atoms with Gasteiger partial charge in [-0.05, 0) is 62.4 Å². The topological polar surface area (TPSA) is 139 Å². The second-order valence-electron chi connectivity index (χ2n) is 10.4. The first-order valence-corrected chi connectivity index (χ1v) is 16.1. The van der Waals surface area contributed by atoms with Gasteiger partial charge in [-0.25, -0.2) is 0 Å². The van der Waals surface area contributed by atoms with E-state index in [4.69, 9.17) is 17.3 Å². The summed E-state index contributed by atoms with van der Waals surface area (Å²) in [5.41, 5.74) is 8.78. The number of amides is 3. The molecular formula is C31H41ClN6O4S2. The summed E-state index contributed by atoms with van der Waals surface area (Å²) in [4.78, 5) is 54.0. The van der Waals surface area contributed by atoms with Gasteiger partial charge in [-0.3, -0.25) is 28.6 Å². The number of likely N-dealkylation sites (N-methyl/N-ethyl adjacent to an activating group) is 1. The van der Waals surface area contributed by atoms with Crippen molar-refractivity contribution < 1.29 is 19.2 Å². The molecule has 10 nitrogen and oxygen atoms in total. The highest BCUT2D eigenvalue weighted by Gasteiger charge is 2.30. The van der Waals surface area contributed by atoms with Crippen LogP contribution in [0.1, 0.15) is 34.1 Å². The van der Waals surface area contributed by atoms with E-state index in [9.17, 15) is 19.2 Å². The maximum absolute atomic E-state index is 13.9. The van der Waals surface area contributed by atoms with Crippen molar-refractivity contribution in [3.8, 4) is 0 Å². The van der Waals surface area contributed by atoms with Gasteiger partial charge in [-0.1, -0.05) is 30.2 Å². The number of benzene rings is 2. The largest absolute Gasteiger partial charge is 0.368 e. The molecule has 2 aromatic carbocycles. The monoisotopic (exact) mass is 660 g/mol. The Morgan fingerprint density at radius 1 is 0.955 bits per heavy atom. The molecule has 0 saturated heterocycles. The Balaban J connectivity index is 1.89. The van der Waals surface area contributed by atoms with Gasteiger partial charge in [0.1, 0.15) is 0 Å². The molecule has 0 radical (unpaired) electrons. The lowest BCUT2D eigenvalue weighted by Gasteiger charge is -2.26. The van der Waals surface area contributed by atoms with Gasteiger partial charge >= 0.3 is 0 Å². The number of hydrogen-bond acceptors (Lipinski definition) is 9. The number of nitrogens with zero attached hydrogens (tertiary/aromatic N) is 2. The number of aromatic nitrogens is 1. The van der Waals surface area contributed by atoms with Gasteiger partial charge in [0.2, 0.25) is 17.7 Å². The smallest absolute Gasteiger partial charge is 0.262 e. The van der Waals surface area contributed by atoms with Gasteiger partial charge < -0.3 is 21.7 Å². The summed E-state index contributed by atoms with van der Waals surface area (Å²) in [7, 11) is 0. The number of carbonyl (C=O) groups excluding carboxylic acids is 4. The van der Waals surface area contributed by atoms with Crippen LogP contribution in [0.5, 0.6) is 0 Å². The lowest BCUT2D eigenvalue weighted by molar-refractivity contribution is -0.145. The number of primary amides is 1. The van der Waals surface area contributed by atoms with Crippen LogP contribution in [0.15, 0.2) is 42.5 Å². The fraction of sp³-hybridized carbons (Fsp3) is 0.419. The zero-order chi connectivity index (χ0) is 32.4. The Kier molecular flexibility index (Phi) is 13.8. The van der Waals surface area contributed by atoms with Crippen LogP contribution in [-0.4, -0.2) is 89.4 Å². The third kappa shape index (κ3) is 8.86. The predicted octanol–water partition coefficient (Wildman–Crippen LogP) is 2.37. The standard InChI is InChI=1S/C31H41ClN6O4S2/c1-4-34-13-14-37(31(42)26(18-44)36-12-11-35-25(17-43)29(33)40)28(39)16-23-20(3)38(27-10-5-19(2)15-24(23)27)30(41)21-6-8-22(32)9-7-21/h5-10,15,25-26,34-36,43-44H,4,11-14,16-18H2,1-3H3,(H2,33,40)/t25-,26-/m0/s1. The molecule has 1 aromatic heterocycles. The molecule has 3 rings (SSSR count). The Labute approximate surface area is 274 Å². The normalized spacial score (nSPS) is 12.7. The van der Waals surface area contributed by atoms with Crippen LogP contribution < -0.4 is 21.7 Å². The van der Waals surface area contributed by atoms with Crippen molar-refractivity contribution in [3.05, 3.63) is 69.9 Å². The minimum Gasteiger partial charge on any atom is -0.368 e. The minimum atomic E-state index is -0.745. The summed E-state index contributed by atoms with van der Waals surface area (Å²) in [5.74, 6) is -1.13. The van der Waals surface area contributed by atoms with Crippen LogP contribution in [0.25, 0.3) is 10.9 Å². The van der Waals surface area contributed by atoms with Gasteiger partial charge in [0.15, 0.2) is 0 Å². The Morgan fingerprint density at radius 2 is 1.59 bits per heavy atom. The van der Waals surface area contributed by atoms with Crippen molar-refractivity contribution >= 4 is 71.4 Å². The van der Waals surface area contributed by atoms with Crippen LogP contribution in [0, 0.1) is 13.8 Å². The average molecular weight is 661 g/mol. The molecular weight excluding hydrogens is 620 g/mol. The molecule has 238 valence electrons. The van der Waals surface area contributed by atoms with Gasteiger partial charge in [-0.2, -0.15) is 25.3 Å². The first-order valence-electron chi connectivity index (χ1n) is 14.5. The number of halogens is 1. The van der Waals surface area contributed by atoms with E-state index in [0.29, 0.717) is 53.5 Å². The second-order valence-corrected chi connectivity index (χ2v) is 11.6. The van der Waals surface area contributed by atoms with Gasteiger partial charge in [0.05, 0.1) is 24.0 Å². The Morgan fingerprint density at radius 3 is 2.18 bits per heavy atom. The molecule has 3 amide bonds. The molecule has 0 unspecified atom stereocenters. The highest BCUT2D eigenvalue weighted by molar-refractivity contribution is 7.80. The van der Waals surface area contributed by atoms with Crippen LogP contribution in [-0.2, 0) is 20.8 Å². The highest BCUT2D eigenvalue weighted by Crippen LogP contribution is 2.29. The van der Waals surface area contributed by atoms with Crippen LogP contribution in [0.4, 0.5) is 0 Å². The fourth-order valence-corrected chi connectivity index (χ4v) is 5.66. The van der Waals surface area contributed by atoms with E-state index in [1.807, 2.05) is 39.0 Å². The van der Waals surface area contributed by atoms with Gasteiger partial charge in [0, 0.05) is 59.4 Å². The first-order chi connectivity index (χ1) is 21.0. The molecule has 0 spiro atoms. The zero-order valence-corrected chi connectivity index (χ0v) is 27.8. The predicted molar refractivity (Wildman–Crippen MR) is 182 cm³/mol. The van der Waals surface area contributed by atoms with E-state index in [2.05, 4.69) is 41.2 Å². The van der Waals surface area contributed by atoms with Gasteiger partial charge in [-0.15, -0.1) is 0 Å². The van der Waals surface area contributed by atoms with E-state index in [1.165, 1.54) is 4.90 Å². The maximum atomic E-state index is 13.9. The number of nitrogens with one attached hydrogen (secondary N) is 3. The van der Waals surface area contributed by atoms with Crippen LogP contribution >= 0.6 is 36.9 Å². The molecule has 0 aliphatic carbocycles. The SMILES string of the molecule is CCNCCN(C(=O)Cc1c(C)n(C(=O)c2ccc(Cl)cc2)c2ccc(C)cc12)C(=O)[C@H](CS)NCCN[C@@H](CS)C(N)=O. The van der Waals surface area contributed by atoms with Crippen molar-refractivity contribution in [2.75, 3.05) is 44.2 Å². The molecule has 1 heterocycles. The number of carbonyl (C=O) groups is 4. The number of nitrogens with two attached hydrogens (primary N) is 1. The summed E-state index contributed by atoms with van der Waals surface area (Å²) >= 11 is 14.5. The van der Waals surface area contributed by atoms with E-state index in [1.54, 1.807) is 28.8 Å². The van der Waals surface area contributed by atoms with Crippen molar-refractivity contribution in [1.29, 1.82) is 0 Å². The first kappa shape index (κ1) is 35.6. The third-order valence-electron chi connectivity index (χ3n) is 7.35.